The number of hydrogen-bond acceptors (Lipinski definition) is 10. The molecule has 4 rings (SSSR count). The molecule has 4 aromatic rings. The Morgan fingerprint density at radius 3 is 2.22 bits per heavy atom. The predicted octanol–water partition coefficient (Wildman–Crippen LogP) is 5.20. The largest absolute Gasteiger partial charge is 0.491 e. The third-order valence-corrected chi connectivity index (χ3v) is 7.21. The van der Waals surface area contributed by atoms with E-state index in [1.807, 2.05) is 43.3 Å². The molecule has 45 heavy (non-hydrogen) atoms. The second-order valence-corrected chi connectivity index (χ2v) is 11.8. The van der Waals surface area contributed by atoms with Gasteiger partial charge in [-0.25, -0.2) is 9.78 Å². The summed E-state index contributed by atoms with van der Waals surface area (Å²) in [6, 6.07) is 18.3. The van der Waals surface area contributed by atoms with Gasteiger partial charge in [0.15, 0.2) is 5.16 Å². The van der Waals surface area contributed by atoms with E-state index in [1.165, 1.54) is 11.8 Å². The number of aromatic nitrogens is 2. The standard InChI is InChI=1S/C33H39N3O8S/c1-5-36-30(38)27-20-23-8-6-7-9-24(23)21-28(27)35-31(36)45-22-29(37)43-26-12-10-25(11-13-26)42-19-18-41-17-16-40-15-14-34-32(39)44-33(2,3)4/h6-13,20-21H,5,14-19,22H2,1-4H3,(H,34,39). The van der Waals surface area contributed by atoms with Crippen LogP contribution in [0.15, 0.2) is 70.6 Å². The van der Waals surface area contributed by atoms with Crippen LogP contribution in [0.1, 0.15) is 27.7 Å². The van der Waals surface area contributed by atoms with E-state index < -0.39 is 17.7 Å². The highest BCUT2D eigenvalue weighted by Gasteiger charge is 2.16. The molecule has 1 amide bonds. The molecule has 240 valence electrons. The van der Waals surface area contributed by atoms with Crippen LogP contribution in [0.5, 0.6) is 11.5 Å². The molecule has 1 aromatic heterocycles. The predicted molar refractivity (Wildman–Crippen MR) is 173 cm³/mol. The summed E-state index contributed by atoms with van der Waals surface area (Å²) in [4.78, 5) is 42.0. The van der Waals surface area contributed by atoms with Crippen molar-refractivity contribution in [1.29, 1.82) is 0 Å². The van der Waals surface area contributed by atoms with Crippen LogP contribution in [0.2, 0.25) is 0 Å². The van der Waals surface area contributed by atoms with Gasteiger partial charge in [0.2, 0.25) is 0 Å². The van der Waals surface area contributed by atoms with Gasteiger partial charge < -0.3 is 29.0 Å². The summed E-state index contributed by atoms with van der Waals surface area (Å²) in [6.45, 7) is 9.91. The summed E-state index contributed by atoms with van der Waals surface area (Å²) in [7, 11) is 0. The molecule has 0 unspecified atom stereocenters. The van der Waals surface area contributed by atoms with Gasteiger partial charge in [-0.05, 0) is 74.9 Å². The molecule has 0 aliphatic rings. The number of carbonyl (C=O) groups is 2. The van der Waals surface area contributed by atoms with Crippen LogP contribution in [0.3, 0.4) is 0 Å². The first-order chi connectivity index (χ1) is 21.6. The molecule has 0 fully saturated rings. The Morgan fingerprint density at radius 1 is 0.889 bits per heavy atom. The highest BCUT2D eigenvalue weighted by molar-refractivity contribution is 7.99. The summed E-state index contributed by atoms with van der Waals surface area (Å²) < 4.78 is 28.8. The maximum atomic E-state index is 13.2. The number of fused-ring (bicyclic) bond motifs is 2. The first kappa shape index (κ1) is 33.8. The van der Waals surface area contributed by atoms with Crippen LogP contribution in [0.4, 0.5) is 4.79 Å². The van der Waals surface area contributed by atoms with Crippen molar-refractivity contribution in [3.05, 3.63) is 71.0 Å². The van der Waals surface area contributed by atoms with E-state index in [9.17, 15) is 14.4 Å². The smallest absolute Gasteiger partial charge is 0.407 e. The molecule has 11 nitrogen and oxygen atoms in total. The molecule has 0 atom stereocenters. The fourth-order valence-electron chi connectivity index (χ4n) is 4.24. The van der Waals surface area contributed by atoms with E-state index in [-0.39, 0.29) is 11.3 Å². The van der Waals surface area contributed by atoms with Crippen molar-refractivity contribution in [2.45, 2.75) is 45.0 Å². The Balaban J connectivity index is 1.14. The number of nitrogens with one attached hydrogen (secondary N) is 1. The number of esters is 1. The maximum Gasteiger partial charge on any atom is 0.407 e. The summed E-state index contributed by atoms with van der Waals surface area (Å²) >= 11 is 1.17. The topological polar surface area (TPSA) is 127 Å². The quantitative estimate of drug-likeness (QED) is 0.0464. The average molecular weight is 638 g/mol. The summed E-state index contributed by atoms with van der Waals surface area (Å²) in [5.41, 5.74) is -0.0750. The van der Waals surface area contributed by atoms with Crippen LogP contribution in [0, 0.1) is 0 Å². The van der Waals surface area contributed by atoms with E-state index in [0.29, 0.717) is 73.7 Å². The highest BCUT2D eigenvalue weighted by atomic mass is 32.2. The minimum absolute atomic E-state index is 0.00884. The number of nitrogens with zero attached hydrogens (tertiary/aromatic N) is 2. The fourth-order valence-corrected chi connectivity index (χ4v) is 5.08. The minimum Gasteiger partial charge on any atom is -0.491 e. The molecule has 0 bridgehead atoms. The molecule has 0 saturated carbocycles. The van der Waals surface area contributed by atoms with Crippen molar-refractivity contribution in [2.24, 2.45) is 0 Å². The van der Waals surface area contributed by atoms with Crippen LogP contribution >= 0.6 is 11.8 Å². The lowest BCUT2D eigenvalue weighted by molar-refractivity contribution is -0.131. The number of alkyl carbamates (subject to hydrolysis) is 1. The Kier molecular flexibility index (Phi) is 12.2. The number of benzene rings is 3. The van der Waals surface area contributed by atoms with Gasteiger partial charge in [-0.2, -0.15) is 0 Å². The minimum atomic E-state index is -0.535. The summed E-state index contributed by atoms with van der Waals surface area (Å²) in [6.07, 6.45) is -0.474. The van der Waals surface area contributed by atoms with Crippen LogP contribution in [0.25, 0.3) is 21.7 Å². The lowest BCUT2D eigenvalue weighted by atomic mass is 10.1. The molecule has 1 heterocycles. The SMILES string of the molecule is CCn1c(SCC(=O)Oc2ccc(OCCOCCOCCNC(=O)OC(C)(C)C)cc2)nc2cc3ccccc3cc2c1=O. The third-order valence-electron chi connectivity index (χ3n) is 6.26. The first-order valence-corrected chi connectivity index (χ1v) is 15.7. The van der Waals surface area contributed by atoms with Crippen molar-refractivity contribution in [3.8, 4) is 11.5 Å². The Bertz CT molecular complexity index is 1650. The zero-order valence-electron chi connectivity index (χ0n) is 26.0. The van der Waals surface area contributed by atoms with Crippen molar-refractivity contribution in [1.82, 2.24) is 14.9 Å². The average Bonchev–Trinajstić information content (AvgIpc) is 3.00. The molecule has 12 heteroatoms. The van der Waals surface area contributed by atoms with Gasteiger partial charge in [0, 0.05) is 13.1 Å². The molecule has 0 radical (unpaired) electrons. The molecule has 3 aromatic carbocycles. The lowest BCUT2D eigenvalue weighted by Crippen LogP contribution is -2.34. The van der Waals surface area contributed by atoms with Gasteiger partial charge in [-0.3, -0.25) is 14.2 Å². The Hall–Kier alpha value is -4.13. The van der Waals surface area contributed by atoms with Crippen molar-refractivity contribution < 1.29 is 33.3 Å². The molecule has 0 aliphatic carbocycles. The second-order valence-electron chi connectivity index (χ2n) is 10.9. The van der Waals surface area contributed by atoms with E-state index >= 15 is 0 Å². The summed E-state index contributed by atoms with van der Waals surface area (Å²) in [5, 5.41) is 5.61. The molecule has 1 N–H and O–H groups in total. The molecule has 0 spiro atoms. The van der Waals surface area contributed by atoms with Gasteiger partial charge in [-0.1, -0.05) is 36.0 Å². The second kappa shape index (κ2) is 16.3. The van der Waals surface area contributed by atoms with E-state index in [2.05, 4.69) is 5.32 Å². The first-order valence-electron chi connectivity index (χ1n) is 14.7. The number of rotatable bonds is 15. The molecule has 0 aliphatic heterocycles. The van der Waals surface area contributed by atoms with E-state index in [0.717, 1.165) is 10.8 Å². The number of hydrogen-bond donors (Lipinski definition) is 1. The fraction of sp³-hybridized carbons (Fsp3) is 0.394. The van der Waals surface area contributed by atoms with Crippen molar-refractivity contribution in [3.63, 3.8) is 0 Å². The van der Waals surface area contributed by atoms with Gasteiger partial charge in [-0.15, -0.1) is 0 Å². The van der Waals surface area contributed by atoms with Crippen molar-refractivity contribution >= 4 is 45.5 Å². The van der Waals surface area contributed by atoms with Crippen molar-refractivity contribution in [2.75, 3.05) is 45.3 Å². The van der Waals surface area contributed by atoms with Crippen LogP contribution in [-0.2, 0) is 25.5 Å². The zero-order chi connectivity index (χ0) is 32.2. The number of amides is 1. The number of thioether (sulfide) groups is 1. The van der Waals surface area contributed by atoms with E-state index in [1.54, 1.807) is 49.6 Å². The van der Waals surface area contributed by atoms with Gasteiger partial charge in [0.05, 0.1) is 43.1 Å². The van der Waals surface area contributed by atoms with Gasteiger partial charge in [0.1, 0.15) is 23.7 Å². The van der Waals surface area contributed by atoms with Crippen LogP contribution < -0.4 is 20.3 Å². The maximum absolute atomic E-state index is 13.2. The Labute approximate surface area is 266 Å². The summed E-state index contributed by atoms with van der Waals surface area (Å²) in [5.74, 6) is 0.524. The van der Waals surface area contributed by atoms with E-state index in [4.69, 9.17) is 28.7 Å². The monoisotopic (exact) mass is 637 g/mol. The normalized spacial score (nSPS) is 11.5. The zero-order valence-corrected chi connectivity index (χ0v) is 26.8. The number of carbonyl (C=O) groups excluding carboxylic acids is 2. The van der Waals surface area contributed by atoms with Gasteiger partial charge in [0.25, 0.3) is 5.56 Å². The van der Waals surface area contributed by atoms with Gasteiger partial charge >= 0.3 is 12.1 Å². The lowest BCUT2D eigenvalue weighted by Gasteiger charge is -2.19. The number of ether oxygens (including phenoxy) is 5. The molecular weight excluding hydrogens is 598 g/mol. The highest BCUT2D eigenvalue weighted by Crippen LogP contribution is 2.24. The molecular formula is C33H39N3O8S. The molecule has 0 saturated heterocycles. The Morgan fingerprint density at radius 2 is 1.53 bits per heavy atom. The van der Waals surface area contributed by atoms with Crippen LogP contribution in [-0.4, -0.2) is 72.5 Å². The third kappa shape index (κ3) is 10.5.